The molecule has 2 N–H and O–H groups in total. The van der Waals surface area contributed by atoms with Crippen LogP contribution in [-0.2, 0) is 6.54 Å². The Morgan fingerprint density at radius 2 is 2.29 bits per heavy atom. The molecule has 1 fully saturated rings. The number of pyridine rings is 1. The van der Waals surface area contributed by atoms with Gasteiger partial charge in [-0.15, -0.1) is 0 Å². The fourth-order valence-corrected chi connectivity index (χ4v) is 2.83. The van der Waals surface area contributed by atoms with Gasteiger partial charge in [-0.3, -0.25) is 9.88 Å². The van der Waals surface area contributed by atoms with Crippen molar-refractivity contribution in [2.24, 2.45) is 5.73 Å². The van der Waals surface area contributed by atoms with E-state index in [4.69, 9.17) is 5.73 Å². The maximum atomic E-state index is 6.08. The molecule has 1 saturated carbocycles. The highest BCUT2D eigenvalue weighted by Crippen LogP contribution is 2.37. The molecule has 5 heteroatoms. The number of likely N-dealkylation sites (N-methyl/N-ethyl adjacent to an activating group) is 1. The molecule has 0 saturated heterocycles. The summed E-state index contributed by atoms with van der Waals surface area (Å²) in [5, 5.41) is 0. The maximum absolute atomic E-state index is 6.08. The van der Waals surface area contributed by atoms with Crippen LogP contribution in [0.1, 0.15) is 43.2 Å². The van der Waals surface area contributed by atoms with Crippen molar-refractivity contribution in [2.45, 2.75) is 38.4 Å². The molecule has 0 bridgehead atoms. The summed E-state index contributed by atoms with van der Waals surface area (Å²) in [5.41, 5.74) is 8.39. The van der Waals surface area contributed by atoms with Gasteiger partial charge in [-0.2, -0.15) is 0 Å². The van der Waals surface area contributed by atoms with E-state index >= 15 is 0 Å². The molecule has 2 heterocycles. The summed E-state index contributed by atoms with van der Waals surface area (Å²) >= 11 is 0. The Morgan fingerprint density at radius 3 is 2.90 bits per heavy atom. The molecule has 0 radical (unpaired) electrons. The predicted molar refractivity (Wildman–Crippen MR) is 82.6 cm³/mol. The van der Waals surface area contributed by atoms with Crippen molar-refractivity contribution in [3.05, 3.63) is 48.3 Å². The minimum atomic E-state index is 0.195. The topological polar surface area (TPSA) is 60.0 Å². The van der Waals surface area contributed by atoms with Crippen LogP contribution in [0, 0.1) is 0 Å². The van der Waals surface area contributed by atoms with Crippen molar-refractivity contribution < 1.29 is 0 Å². The SMILES string of the molecule is CCN(Cc1ccccn1)C(CN)c1cncn1C1CC1. The molecule has 0 aliphatic heterocycles. The lowest BCUT2D eigenvalue weighted by molar-refractivity contribution is 0.193. The van der Waals surface area contributed by atoms with Gasteiger partial charge in [-0.1, -0.05) is 13.0 Å². The van der Waals surface area contributed by atoms with Crippen molar-refractivity contribution in [3.63, 3.8) is 0 Å². The summed E-state index contributed by atoms with van der Waals surface area (Å²) in [6, 6.07) is 6.86. The van der Waals surface area contributed by atoms with E-state index in [1.165, 1.54) is 18.5 Å². The zero-order valence-electron chi connectivity index (χ0n) is 12.5. The number of aromatic nitrogens is 3. The molecule has 1 aliphatic rings. The summed E-state index contributed by atoms with van der Waals surface area (Å²) in [6.45, 7) is 4.52. The van der Waals surface area contributed by atoms with Gasteiger partial charge < -0.3 is 10.3 Å². The normalized spacial score (nSPS) is 16.3. The lowest BCUT2D eigenvalue weighted by Gasteiger charge is -2.30. The molecule has 0 aromatic carbocycles. The molecule has 21 heavy (non-hydrogen) atoms. The van der Waals surface area contributed by atoms with E-state index in [9.17, 15) is 0 Å². The molecule has 2 aromatic rings. The van der Waals surface area contributed by atoms with Crippen molar-refractivity contribution in [1.29, 1.82) is 0 Å². The molecular weight excluding hydrogens is 262 g/mol. The Morgan fingerprint density at radius 1 is 1.43 bits per heavy atom. The third kappa shape index (κ3) is 3.14. The number of nitrogens with two attached hydrogens (primary N) is 1. The number of nitrogens with zero attached hydrogens (tertiary/aromatic N) is 4. The second-order valence-corrected chi connectivity index (χ2v) is 5.59. The first-order valence-electron chi connectivity index (χ1n) is 7.69. The van der Waals surface area contributed by atoms with Crippen molar-refractivity contribution in [1.82, 2.24) is 19.4 Å². The molecule has 1 aliphatic carbocycles. The number of hydrogen-bond donors (Lipinski definition) is 1. The standard InChI is InChI=1S/C16H23N5/c1-2-20(11-13-5-3-4-8-19-13)15(9-17)16-10-18-12-21(16)14-6-7-14/h3-5,8,10,12,14-15H,2,6-7,9,11,17H2,1H3. The van der Waals surface area contributed by atoms with Crippen LogP contribution in [0.15, 0.2) is 36.9 Å². The summed E-state index contributed by atoms with van der Waals surface area (Å²) in [4.78, 5) is 11.1. The molecule has 5 nitrogen and oxygen atoms in total. The lowest BCUT2D eigenvalue weighted by atomic mass is 10.1. The molecule has 1 atom stereocenters. The van der Waals surface area contributed by atoms with Crippen LogP contribution in [0.5, 0.6) is 0 Å². The first kappa shape index (κ1) is 14.2. The Kier molecular flexibility index (Phi) is 4.31. The van der Waals surface area contributed by atoms with Crippen molar-refractivity contribution >= 4 is 0 Å². The van der Waals surface area contributed by atoms with Gasteiger partial charge in [0.1, 0.15) is 0 Å². The Hall–Kier alpha value is -1.72. The fourth-order valence-electron chi connectivity index (χ4n) is 2.83. The molecule has 1 unspecified atom stereocenters. The van der Waals surface area contributed by atoms with Gasteiger partial charge in [0.2, 0.25) is 0 Å². The molecule has 2 aromatic heterocycles. The van der Waals surface area contributed by atoms with Crippen LogP contribution in [0.3, 0.4) is 0 Å². The first-order valence-corrected chi connectivity index (χ1v) is 7.69. The van der Waals surface area contributed by atoms with Gasteiger partial charge in [0.25, 0.3) is 0 Å². The number of imidazole rings is 1. The van der Waals surface area contributed by atoms with Gasteiger partial charge >= 0.3 is 0 Å². The zero-order valence-corrected chi connectivity index (χ0v) is 12.5. The maximum Gasteiger partial charge on any atom is 0.0951 e. The Bertz CT molecular complexity index is 561. The van der Waals surface area contributed by atoms with E-state index in [0.29, 0.717) is 12.6 Å². The summed E-state index contributed by atoms with van der Waals surface area (Å²) in [7, 11) is 0. The van der Waals surface area contributed by atoms with Gasteiger partial charge in [0.05, 0.1) is 23.8 Å². The van der Waals surface area contributed by atoms with E-state index in [1.54, 1.807) is 0 Å². The van der Waals surface area contributed by atoms with E-state index in [0.717, 1.165) is 18.8 Å². The lowest BCUT2D eigenvalue weighted by Crippen LogP contribution is -2.34. The van der Waals surface area contributed by atoms with Crippen LogP contribution in [0.25, 0.3) is 0 Å². The highest BCUT2D eigenvalue weighted by Gasteiger charge is 2.29. The van der Waals surface area contributed by atoms with Crippen LogP contribution in [0.4, 0.5) is 0 Å². The van der Waals surface area contributed by atoms with Crippen molar-refractivity contribution in [2.75, 3.05) is 13.1 Å². The summed E-state index contributed by atoms with van der Waals surface area (Å²) < 4.78 is 2.30. The third-order valence-corrected chi connectivity index (χ3v) is 4.14. The van der Waals surface area contributed by atoms with E-state index < -0.39 is 0 Å². The molecule has 0 amide bonds. The van der Waals surface area contributed by atoms with Crippen LogP contribution < -0.4 is 5.73 Å². The Labute approximate surface area is 125 Å². The smallest absolute Gasteiger partial charge is 0.0951 e. The second-order valence-electron chi connectivity index (χ2n) is 5.59. The van der Waals surface area contributed by atoms with Crippen LogP contribution >= 0.6 is 0 Å². The molecule has 0 spiro atoms. The highest BCUT2D eigenvalue weighted by molar-refractivity contribution is 5.11. The Balaban J connectivity index is 1.81. The van der Waals surface area contributed by atoms with E-state index in [-0.39, 0.29) is 6.04 Å². The minimum absolute atomic E-state index is 0.195. The van der Waals surface area contributed by atoms with Crippen LogP contribution in [-0.4, -0.2) is 32.5 Å². The van der Waals surface area contributed by atoms with Gasteiger partial charge in [-0.05, 0) is 31.5 Å². The van der Waals surface area contributed by atoms with Crippen LogP contribution in [0.2, 0.25) is 0 Å². The average Bonchev–Trinajstić information content (AvgIpc) is 3.26. The average molecular weight is 285 g/mol. The summed E-state index contributed by atoms with van der Waals surface area (Å²) in [6.07, 6.45) is 8.27. The number of rotatable bonds is 7. The zero-order chi connectivity index (χ0) is 14.7. The second kappa shape index (κ2) is 6.37. The predicted octanol–water partition coefficient (Wildman–Crippen LogP) is 2.13. The molecule has 3 rings (SSSR count). The summed E-state index contributed by atoms with van der Waals surface area (Å²) in [5.74, 6) is 0. The largest absolute Gasteiger partial charge is 0.330 e. The third-order valence-electron chi connectivity index (χ3n) is 4.14. The molecule has 112 valence electrons. The van der Waals surface area contributed by atoms with E-state index in [1.807, 2.05) is 30.9 Å². The monoisotopic (exact) mass is 285 g/mol. The minimum Gasteiger partial charge on any atom is -0.330 e. The quantitative estimate of drug-likeness (QED) is 0.846. The fraction of sp³-hybridized carbons (Fsp3) is 0.500. The van der Waals surface area contributed by atoms with Crippen molar-refractivity contribution in [3.8, 4) is 0 Å². The molecular formula is C16H23N5. The van der Waals surface area contributed by atoms with Gasteiger partial charge in [-0.25, -0.2) is 4.98 Å². The number of hydrogen-bond acceptors (Lipinski definition) is 4. The van der Waals surface area contributed by atoms with Gasteiger partial charge in [0, 0.05) is 31.5 Å². The van der Waals surface area contributed by atoms with Gasteiger partial charge in [0.15, 0.2) is 0 Å². The van der Waals surface area contributed by atoms with E-state index in [2.05, 4.69) is 32.4 Å². The first-order chi connectivity index (χ1) is 10.3. The highest BCUT2D eigenvalue weighted by atomic mass is 15.2.